The van der Waals surface area contributed by atoms with Gasteiger partial charge in [0, 0.05) is 65.8 Å². The number of aromatic nitrogens is 2. The molecule has 0 amide bonds. The first-order valence-corrected chi connectivity index (χ1v) is 46.2. The van der Waals surface area contributed by atoms with Gasteiger partial charge >= 0.3 is 0 Å². The molecule has 0 spiro atoms. The van der Waals surface area contributed by atoms with Crippen LogP contribution in [-0.2, 0) is 0 Å². The molecule has 24 aromatic rings. The number of halogens is 1. The Labute approximate surface area is 796 Å². The van der Waals surface area contributed by atoms with Gasteiger partial charge in [0.05, 0.1) is 22.1 Å². The highest BCUT2D eigenvalue weighted by atomic mass is 79.9. The summed E-state index contributed by atoms with van der Waals surface area (Å²) in [5, 5.41) is 13.5. The zero-order chi connectivity index (χ0) is 88.8. The van der Waals surface area contributed by atoms with E-state index in [1.807, 2.05) is 18.2 Å². The van der Waals surface area contributed by atoms with E-state index in [0.29, 0.717) is 0 Å². The van der Waals surface area contributed by atoms with Crippen LogP contribution in [0.5, 0.6) is 0 Å². The van der Waals surface area contributed by atoms with E-state index in [0.717, 1.165) is 44.2 Å². The molecule has 0 saturated heterocycles. The number of anilines is 5. The molecule has 135 heavy (non-hydrogen) atoms. The SMILES string of the molecule is Brc1ccc(-n2c3ccccc3c3ccccc32)cc1.C.O.c1ccc(-c2c(-c3ccccc3)c(-c3ccccc3)c3cc(-c4ccc(N(c5ccccc5)c5ccc(-n6c7ccccc7c7ccccc76)cc5)cc4)ccc3c2-c2ccccc2)cc1.c1ccc(Nc2ccc(-c3ccc4c(-c5ccccc5)c(-c5ccccc5)c(-c5ccccc5)c(-c5ccccc5)c4c3)cc2)cc1. The molecular formula is C129H95BrN4O. The molecular weight excluding hydrogens is 1700 g/mol. The fourth-order valence-corrected chi connectivity index (χ4v) is 19.8. The van der Waals surface area contributed by atoms with E-state index in [9.17, 15) is 0 Å². The van der Waals surface area contributed by atoms with Crippen molar-refractivity contribution in [2.24, 2.45) is 0 Å². The summed E-state index contributed by atoms with van der Waals surface area (Å²) in [4.78, 5) is 2.34. The average molecular weight is 1800 g/mol. The van der Waals surface area contributed by atoms with Gasteiger partial charge < -0.3 is 24.8 Å². The van der Waals surface area contributed by atoms with Gasteiger partial charge in [0.25, 0.3) is 0 Å². The van der Waals surface area contributed by atoms with Crippen molar-refractivity contribution in [2.45, 2.75) is 7.43 Å². The fraction of sp³-hybridized carbons (Fsp3) is 0.00775. The second-order valence-corrected chi connectivity index (χ2v) is 34.4. The molecule has 2 aromatic heterocycles. The average Bonchev–Trinajstić information content (AvgIpc) is 1.69. The topological polar surface area (TPSA) is 56.6 Å². The summed E-state index contributed by atoms with van der Waals surface area (Å²) >= 11 is 3.50. The van der Waals surface area contributed by atoms with Crippen molar-refractivity contribution in [3.63, 3.8) is 0 Å². The second kappa shape index (κ2) is 39.0. The normalized spacial score (nSPS) is 11.0. The van der Waals surface area contributed by atoms with Crippen LogP contribution < -0.4 is 10.2 Å². The maximum Gasteiger partial charge on any atom is 0.0541 e. The summed E-state index contributed by atoms with van der Waals surface area (Å²) in [5.74, 6) is 0. The predicted molar refractivity (Wildman–Crippen MR) is 580 cm³/mol. The Kier molecular flexibility index (Phi) is 24.8. The minimum absolute atomic E-state index is 0. The summed E-state index contributed by atoms with van der Waals surface area (Å²) in [5.41, 5.74) is 36.8. The van der Waals surface area contributed by atoms with Gasteiger partial charge in [-0.25, -0.2) is 0 Å². The first-order valence-electron chi connectivity index (χ1n) is 45.4. The Morgan fingerprint density at radius 3 is 0.704 bits per heavy atom. The van der Waals surface area contributed by atoms with Crippen molar-refractivity contribution in [1.82, 2.24) is 9.13 Å². The number of nitrogens with one attached hydrogen (secondary N) is 1. The first-order chi connectivity index (χ1) is 66.0. The Balaban J connectivity index is 0.000000142. The summed E-state index contributed by atoms with van der Waals surface area (Å²) in [7, 11) is 0. The summed E-state index contributed by atoms with van der Waals surface area (Å²) < 4.78 is 5.79. The lowest BCUT2D eigenvalue weighted by atomic mass is 9.78. The van der Waals surface area contributed by atoms with Crippen molar-refractivity contribution in [3.05, 3.63) is 538 Å². The molecule has 644 valence electrons. The molecule has 0 atom stereocenters. The third-order valence-corrected chi connectivity index (χ3v) is 26.0. The van der Waals surface area contributed by atoms with Gasteiger partial charge in [0.2, 0.25) is 0 Å². The maximum atomic E-state index is 3.52. The van der Waals surface area contributed by atoms with Crippen LogP contribution >= 0.6 is 15.9 Å². The van der Waals surface area contributed by atoms with Crippen LogP contribution in [-0.4, -0.2) is 14.6 Å². The van der Waals surface area contributed by atoms with Gasteiger partial charge in [-0.15, -0.1) is 0 Å². The van der Waals surface area contributed by atoms with Crippen molar-refractivity contribution < 1.29 is 5.48 Å². The van der Waals surface area contributed by atoms with Gasteiger partial charge in [0.1, 0.15) is 0 Å². The molecule has 22 aromatic carbocycles. The largest absolute Gasteiger partial charge is 0.412 e. The second-order valence-electron chi connectivity index (χ2n) is 33.5. The zero-order valence-electron chi connectivity index (χ0n) is 73.5. The van der Waals surface area contributed by atoms with E-state index in [1.54, 1.807) is 0 Å². The van der Waals surface area contributed by atoms with Gasteiger partial charge in [-0.2, -0.15) is 0 Å². The predicted octanol–water partition coefficient (Wildman–Crippen LogP) is 36.0. The summed E-state index contributed by atoms with van der Waals surface area (Å²) in [6, 6.07) is 192. The van der Waals surface area contributed by atoms with Crippen LogP contribution in [0.2, 0.25) is 0 Å². The van der Waals surface area contributed by atoms with Gasteiger partial charge in [-0.3, -0.25) is 0 Å². The van der Waals surface area contributed by atoms with Crippen LogP contribution in [0.15, 0.2) is 538 Å². The Morgan fingerprint density at radius 1 is 0.170 bits per heavy atom. The van der Waals surface area contributed by atoms with Gasteiger partial charge in [-0.05, 0) is 266 Å². The molecule has 0 radical (unpaired) electrons. The third-order valence-electron chi connectivity index (χ3n) is 25.5. The van der Waals surface area contributed by atoms with E-state index >= 15 is 0 Å². The Morgan fingerprint density at radius 2 is 0.393 bits per heavy atom. The molecule has 0 aliphatic rings. The standard InChI is InChI=1S/C64H44N2.C46H33N.C18H12BrN.CH4.H2O/c1-6-20-46(21-7-1)61-57-43-36-50(44-58(57)62(47-22-8-2-9-23-47)64(49-26-12-4-13-27-49)63(61)48-24-10-3-11-25-48)45-34-37-52(38-35-45)65(51-28-14-5-15-29-51)53-39-41-54(42-40-53)66-59-32-18-16-30-55(59)56-31-17-19-33-60(56)66;1-6-16-34(17-7-1)43-41-31-28-38(33-26-29-40(30-27-33)47-39-24-14-5-15-25-39)32-42(41)44(35-18-8-2-9-19-35)46(37-22-12-4-13-23-37)45(43)36-20-10-3-11-21-36;19-13-9-11-14(12-10-13)20-17-7-3-1-5-15(17)16-6-2-4-8-18(16)20;;/h1-44H;1-32,47H;1-12H;1H4;1H2. The summed E-state index contributed by atoms with van der Waals surface area (Å²) in [6.07, 6.45) is 0. The minimum atomic E-state index is 0. The number of benzene rings is 22. The molecule has 0 saturated carbocycles. The lowest BCUT2D eigenvalue weighted by Gasteiger charge is -2.26. The molecule has 5 nitrogen and oxygen atoms in total. The highest BCUT2D eigenvalue weighted by molar-refractivity contribution is 9.10. The number of hydrogen-bond donors (Lipinski definition) is 1. The van der Waals surface area contributed by atoms with E-state index in [2.05, 4.69) is 551 Å². The molecule has 0 aliphatic heterocycles. The van der Waals surface area contributed by atoms with E-state index in [1.165, 1.54) is 177 Å². The molecule has 0 unspecified atom stereocenters. The minimum Gasteiger partial charge on any atom is -0.412 e. The van der Waals surface area contributed by atoms with Gasteiger partial charge in [0.15, 0.2) is 0 Å². The van der Waals surface area contributed by atoms with Crippen LogP contribution in [0.25, 0.3) is 188 Å². The lowest BCUT2D eigenvalue weighted by molar-refractivity contribution is 0.824. The summed E-state index contributed by atoms with van der Waals surface area (Å²) in [6.45, 7) is 0. The van der Waals surface area contributed by atoms with E-state index < -0.39 is 0 Å². The molecule has 0 fully saturated rings. The van der Waals surface area contributed by atoms with Crippen molar-refractivity contribution in [3.8, 4) is 123 Å². The van der Waals surface area contributed by atoms with E-state index in [4.69, 9.17) is 0 Å². The number of hydrogen-bond acceptors (Lipinski definition) is 2. The molecule has 3 N–H and O–H groups in total. The molecule has 6 heteroatoms. The number of fused-ring (bicyclic) bond motifs is 8. The number of nitrogens with zero attached hydrogens (tertiary/aromatic N) is 3. The number of para-hydroxylation sites is 6. The van der Waals surface area contributed by atoms with Crippen LogP contribution in [0.4, 0.5) is 28.4 Å². The van der Waals surface area contributed by atoms with Crippen molar-refractivity contribution in [2.75, 3.05) is 10.2 Å². The van der Waals surface area contributed by atoms with Crippen LogP contribution in [0.3, 0.4) is 0 Å². The van der Waals surface area contributed by atoms with Crippen LogP contribution in [0.1, 0.15) is 7.43 Å². The lowest BCUT2D eigenvalue weighted by Crippen LogP contribution is -2.10. The molecule has 0 bridgehead atoms. The number of rotatable bonds is 17. The Bertz CT molecular complexity index is 8130. The molecule has 24 rings (SSSR count). The smallest absolute Gasteiger partial charge is 0.0541 e. The van der Waals surface area contributed by atoms with Crippen molar-refractivity contribution >= 4 is 110 Å². The monoisotopic (exact) mass is 1790 g/mol. The molecule has 2 heterocycles. The third kappa shape index (κ3) is 17.1. The van der Waals surface area contributed by atoms with Crippen LogP contribution in [0, 0.1) is 0 Å². The fourth-order valence-electron chi connectivity index (χ4n) is 19.5. The highest BCUT2D eigenvalue weighted by Gasteiger charge is 2.28. The molecule has 0 aliphatic carbocycles. The van der Waals surface area contributed by atoms with E-state index in [-0.39, 0.29) is 12.9 Å². The first kappa shape index (κ1) is 86.1. The maximum absolute atomic E-state index is 3.52. The zero-order valence-corrected chi connectivity index (χ0v) is 75.1. The quantitative estimate of drug-likeness (QED) is 0.0988. The Hall–Kier alpha value is -17.0. The van der Waals surface area contributed by atoms with Crippen molar-refractivity contribution in [1.29, 1.82) is 0 Å². The van der Waals surface area contributed by atoms with Gasteiger partial charge in [-0.1, -0.05) is 424 Å². The highest BCUT2D eigenvalue weighted by Crippen LogP contribution is 2.55.